The quantitative estimate of drug-likeness (QED) is 0.565. The first-order valence-electron chi connectivity index (χ1n) is 6.26. The Morgan fingerprint density at radius 3 is 2.50 bits per heavy atom. The number of hydrogen-bond donors (Lipinski definition) is 1. The number of terminal acetylenes is 1. The van der Waals surface area contributed by atoms with Gasteiger partial charge in [0.15, 0.2) is 0 Å². The molecule has 0 fully saturated rings. The predicted molar refractivity (Wildman–Crippen MR) is 74.0 cm³/mol. The molecule has 0 radical (unpaired) electrons. The summed E-state index contributed by atoms with van der Waals surface area (Å²) in [6.45, 7) is 3.48. The average molecular weight is 247 g/mol. The van der Waals surface area contributed by atoms with Crippen LogP contribution in [0.1, 0.15) is 19.8 Å². The fraction of sp³-hybridized carbons (Fsp3) is 0.467. The van der Waals surface area contributed by atoms with Gasteiger partial charge in [0.05, 0.1) is 13.2 Å². The summed E-state index contributed by atoms with van der Waals surface area (Å²) in [4.78, 5) is 0. The maximum atomic E-state index is 5.59. The van der Waals surface area contributed by atoms with E-state index in [0.717, 1.165) is 30.9 Å². The lowest BCUT2D eigenvalue weighted by molar-refractivity contribution is 0.308. The van der Waals surface area contributed by atoms with Gasteiger partial charge in [-0.05, 0) is 30.7 Å². The molecule has 18 heavy (non-hydrogen) atoms. The van der Waals surface area contributed by atoms with Gasteiger partial charge >= 0.3 is 0 Å². The van der Waals surface area contributed by atoms with E-state index in [4.69, 9.17) is 15.9 Å². The Bertz CT molecular complexity index is 367. The van der Waals surface area contributed by atoms with Crippen molar-refractivity contribution >= 4 is 0 Å². The third-order valence-corrected chi connectivity index (χ3v) is 2.60. The van der Waals surface area contributed by atoms with E-state index in [0.29, 0.717) is 6.61 Å². The summed E-state index contributed by atoms with van der Waals surface area (Å²) in [5.41, 5.74) is 0. The van der Waals surface area contributed by atoms with Gasteiger partial charge in [-0.1, -0.05) is 19.3 Å². The number of benzene rings is 1. The average Bonchev–Trinajstić information content (AvgIpc) is 2.43. The Morgan fingerprint density at radius 1 is 1.28 bits per heavy atom. The van der Waals surface area contributed by atoms with Gasteiger partial charge in [0.2, 0.25) is 0 Å². The van der Waals surface area contributed by atoms with E-state index in [-0.39, 0.29) is 6.04 Å². The number of nitrogens with one attached hydrogen (secondary N) is 1. The zero-order valence-electron chi connectivity index (χ0n) is 11.1. The first-order chi connectivity index (χ1) is 8.80. The molecule has 0 bridgehead atoms. The smallest absolute Gasteiger partial charge is 0.119 e. The summed E-state index contributed by atoms with van der Waals surface area (Å²) >= 11 is 0. The van der Waals surface area contributed by atoms with Gasteiger partial charge in [-0.15, -0.1) is 6.42 Å². The van der Waals surface area contributed by atoms with E-state index in [1.807, 2.05) is 24.3 Å². The van der Waals surface area contributed by atoms with Gasteiger partial charge in [-0.25, -0.2) is 0 Å². The van der Waals surface area contributed by atoms with E-state index in [1.54, 1.807) is 7.11 Å². The Morgan fingerprint density at radius 2 is 1.94 bits per heavy atom. The molecule has 1 unspecified atom stereocenters. The topological polar surface area (TPSA) is 30.5 Å². The molecule has 0 aliphatic carbocycles. The largest absolute Gasteiger partial charge is 0.497 e. The van der Waals surface area contributed by atoms with E-state index in [2.05, 4.69) is 18.2 Å². The molecule has 1 aromatic rings. The maximum absolute atomic E-state index is 5.59. The number of ether oxygens (including phenoxy) is 2. The number of hydrogen-bond acceptors (Lipinski definition) is 3. The van der Waals surface area contributed by atoms with Crippen LogP contribution in [0.5, 0.6) is 11.5 Å². The molecule has 1 rings (SSSR count). The van der Waals surface area contributed by atoms with Gasteiger partial charge < -0.3 is 14.8 Å². The molecule has 0 aliphatic heterocycles. The highest BCUT2D eigenvalue weighted by atomic mass is 16.5. The van der Waals surface area contributed by atoms with Crippen molar-refractivity contribution in [1.29, 1.82) is 0 Å². The molecule has 0 spiro atoms. The summed E-state index contributed by atoms with van der Waals surface area (Å²) in [6, 6.07) is 7.69. The van der Waals surface area contributed by atoms with Crippen LogP contribution in [0.3, 0.4) is 0 Å². The third-order valence-electron chi connectivity index (χ3n) is 2.60. The lowest BCUT2D eigenvalue weighted by Crippen LogP contribution is -2.31. The van der Waals surface area contributed by atoms with Crippen molar-refractivity contribution in [3.63, 3.8) is 0 Å². The molecule has 0 saturated carbocycles. The van der Waals surface area contributed by atoms with Crippen molar-refractivity contribution in [1.82, 2.24) is 5.32 Å². The van der Waals surface area contributed by atoms with Gasteiger partial charge in [0, 0.05) is 6.54 Å². The zero-order chi connectivity index (χ0) is 13.2. The van der Waals surface area contributed by atoms with Crippen LogP contribution in [0.25, 0.3) is 0 Å². The first-order valence-corrected chi connectivity index (χ1v) is 6.26. The lowest BCUT2D eigenvalue weighted by Gasteiger charge is -2.12. The molecule has 0 aromatic heterocycles. The van der Waals surface area contributed by atoms with Crippen LogP contribution in [0, 0.1) is 12.3 Å². The Labute approximate surface area is 109 Å². The molecular weight excluding hydrogens is 226 g/mol. The zero-order valence-corrected chi connectivity index (χ0v) is 11.1. The molecule has 1 aromatic carbocycles. The summed E-state index contributed by atoms with van der Waals surface area (Å²) < 4.78 is 10.7. The Balaban J connectivity index is 2.22. The standard InChI is InChI=1S/C15H21NO2/c1-4-6-13(5-2)16-11-12-18-15-9-7-14(17-3)8-10-15/h2,7-10,13,16H,4,6,11-12H2,1,3H3. The summed E-state index contributed by atoms with van der Waals surface area (Å²) in [6.07, 6.45) is 7.50. The van der Waals surface area contributed by atoms with Crippen LogP contribution in [-0.4, -0.2) is 26.3 Å². The van der Waals surface area contributed by atoms with Crippen LogP contribution >= 0.6 is 0 Å². The molecule has 0 amide bonds. The molecular formula is C15H21NO2. The van der Waals surface area contributed by atoms with Gasteiger partial charge in [-0.3, -0.25) is 0 Å². The molecule has 0 heterocycles. The SMILES string of the molecule is C#CC(CCC)NCCOc1ccc(OC)cc1. The van der Waals surface area contributed by atoms with Gasteiger partial charge in [-0.2, -0.15) is 0 Å². The third kappa shape index (κ3) is 5.11. The second-order valence-corrected chi connectivity index (χ2v) is 3.99. The fourth-order valence-electron chi connectivity index (χ4n) is 1.61. The van der Waals surface area contributed by atoms with Crippen molar-refractivity contribution in [3.05, 3.63) is 24.3 Å². The van der Waals surface area contributed by atoms with Crippen LogP contribution in [0.15, 0.2) is 24.3 Å². The molecule has 1 atom stereocenters. The number of methoxy groups -OCH3 is 1. The van der Waals surface area contributed by atoms with E-state index >= 15 is 0 Å². The Hall–Kier alpha value is -1.66. The summed E-state index contributed by atoms with van der Waals surface area (Å²) in [7, 11) is 1.65. The molecule has 0 saturated heterocycles. The monoisotopic (exact) mass is 247 g/mol. The van der Waals surface area contributed by atoms with E-state index in [9.17, 15) is 0 Å². The van der Waals surface area contributed by atoms with Crippen molar-refractivity contribution in [2.75, 3.05) is 20.3 Å². The molecule has 3 heteroatoms. The minimum atomic E-state index is 0.148. The van der Waals surface area contributed by atoms with Crippen LogP contribution in [0.2, 0.25) is 0 Å². The van der Waals surface area contributed by atoms with Crippen LogP contribution < -0.4 is 14.8 Å². The Kier molecular flexibility index (Phi) is 6.75. The summed E-state index contributed by atoms with van der Waals surface area (Å²) in [5.74, 6) is 4.40. The molecule has 98 valence electrons. The highest BCUT2D eigenvalue weighted by molar-refractivity contribution is 5.31. The minimum Gasteiger partial charge on any atom is -0.497 e. The molecule has 1 N–H and O–H groups in total. The van der Waals surface area contributed by atoms with Crippen molar-refractivity contribution in [2.24, 2.45) is 0 Å². The van der Waals surface area contributed by atoms with Crippen molar-refractivity contribution in [3.8, 4) is 23.8 Å². The minimum absolute atomic E-state index is 0.148. The van der Waals surface area contributed by atoms with E-state index in [1.165, 1.54) is 0 Å². The van der Waals surface area contributed by atoms with Gasteiger partial charge in [0.1, 0.15) is 18.1 Å². The first kappa shape index (κ1) is 14.4. The van der Waals surface area contributed by atoms with Crippen molar-refractivity contribution < 1.29 is 9.47 Å². The predicted octanol–water partition coefficient (Wildman–Crippen LogP) is 2.47. The number of rotatable bonds is 8. The normalized spacial score (nSPS) is 11.6. The lowest BCUT2D eigenvalue weighted by atomic mass is 10.2. The second kappa shape index (κ2) is 8.43. The van der Waals surface area contributed by atoms with Crippen molar-refractivity contribution in [2.45, 2.75) is 25.8 Å². The van der Waals surface area contributed by atoms with E-state index < -0.39 is 0 Å². The second-order valence-electron chi connectivity index (χ2n) is 3.99. The highest BCUT2D eigenvalue weighted by Gasteiger charge is 2.01. The van der Waals surface area contributed by atoms with Gasteiger partial charge in [0.25, 0.3) is 0 Å². The molecule has 3 nitrogen and oxygen atoms in total. The highest BCUT2D eigenvalue weighted by Crippen LogP contribution is 2.16. The van der Waals surface area contributed by atoms with Crippen LogP contribution in [0.4, 0.5) is 0 Å². The summed E-state index contributed by atoms with van der Waals surface area (Å²) in [5, 5.41) is 3.28. The molecule has 0 aliphatic rings. The maximum Gasteiger partial charge on any atom is 0.119 e. The fourth-order valence-corrected chi connectivity index (χ4v) is 1.61. The van der Waals surface area contributed by atoms with Crippen LogP contribution in [-0.2, 0) is 0 Å².